The molecule has 98 valence electrons. The molecule has 0 aromatic carbocycles. The molecule has 6 nitrogen and oxygen atoms in total. The predicted molar refractivity (Wildman–Crippen MR) is 69.6 cm³/mol. The summed E-state index contributed by atoms with van der Waals surface area (Å²) in [5.41, 5.74) is 0.367. The smallest absolute Gasteiger partial charge is 0.272 e. The highest BCUT2D eigenvalue weighted by atomic mass is 16.2. The van der Waals surface area contributed by atoms with Crippen molar-refractivity contribution in [3.8, 4) is 0 Å². The van der Waals surface area contributed by atoms with Gasteiger partial charge in [-0.2, -0.15) is 0 Å². The van der Waals surface area contributed by atoms with Crippen LogP contribution in [0.2, 0.25) is 0 Å². The van der Waals surface area contributed by atoms with Crippen LogP contribution in [0, 0.1) is 0 Å². The number of nitrogens with one attached hydrogen (secondary N) is 2. The summed E-state index contributed by atoms with van der Waals surface area (Å²) >= 11 is 0. The fourth-order valence-electron chi connectivity index (χ4n) is 2.04. The van der Waals surface area contributed by atoms with Crippen LogP contribution in [0.15, 0.2) is 12.1 Å². The second-order valence-corrected chi connectivity index (χ2v) is 4.56. The van der Waals surface area contributed by atoms with Crippen molar-refractivity contribution in [3.05, 3.63) is 17.8 Å². The van der Waals surface area contributed by atoms with Crippen molar-refractivity contribution in [2.45, 2.75) is 19.4 Å². The first-order valence-electron chi connectivity index (χ1n) is 6.26. The summed E-state index contributed by atoms with van der Waals surface area (Å²) in [4.78, 5) is 14.1. The Labute approximate surface area is 107 Å². The maximum absolute atomic E-state index is 11.9. The van der Waals surface area contributed by atoms with E-state index in [2.05, 4.69) is 32.8 Å². The van der Waals surface area contributed by atoms with Crippen LogP contribution in [-0.2, 0) is 0 Å². The quantitative estimate of drug-likeness (QED) is 0.805. The summed E-state index contributed by atoms with van der Waals surface area (Å²) in [6.45, 7) is 4.69. The van der Waals surface area contributed by atoms with Crippen LogP contribution in [0.1, 0.15) is 23.8 Å². The molecule has 1 fully saturated rings. The highest BCUT2D eigenvalue weighted by molar-refractivity contribution is 5.92. The van der Waals surface area contributed by atoms with Gasteiger partial charge >= 0.3 is 0 Å². The average Bonchev–Trinajstić information content (AvgIpc) is 2.76. The van der Waals surface area contributed by atoms with E-state index < -0.39 is 0 Å². The summed E-state index contributed by atoms with van der Waals surface area (Å²) in [7, 11) is 2.05. The van der Waals surface area contributed by atoms with Crippen LogP contribution in [0.3, 0.4) is 0 Å². The van der Waals surface area contributed by atoms with Gasteiger partial charge in [0.1, 0.15) is 5.82 Å². The van der Waals surface area contributed by atoms with Crippen LogP contribution in [0.25, 0.3) is 0 Å². The molecule has 1 aromatic rings. The number of nitrogens with zero attached hydrogens (tertiary/aromatic N) is 3. The van der Waals surface area contributed by atoms with Crippen LogP contribution >= 0.6 is 0 Å². The predicted octanol–water partition coefficient (Wildman–Crippen LogP) is 0.342. The lowest BCUT2D eigenvalue weighted by atomic mass is 10.2. The average molecular weight is 249 g/mol. The molecule has 0 radical (unpaired) electrons. The van der Waals surface area contributed by atoms with Gasteiger partial charge in [-0.3, -0.25) is 4.79 Å². The van der Waals surface area contributed by atoms with Gasteiger partial charge in [0.25, 0.3) is 5.91 Å². The third kappa shape index (κ3) is 3.16. The van der Waals surface area contributed by atoms with E-state index in [0.29, 0.717) is 11.5 Å². The Hall–Kier alpha value is -1.69. The number of likely N-dealkylation sites (tertiary alicyclic amines) is 1. The molecule has 0 bridgehead atoms. The van der Waals surface area contributed by atoms with Crippen molar-refractivity contribution in [2.24, 2.45) is 0 Å². The van der Waals surface area contributed by atoms with Gasteiger partial charge in [0.2, 0.25) is 0 Å². The second-order valence-electron chi connectivity index (χ2n) is 4.56. The van der Waals surface area contributed by atoms with Gasteiger partial charge in [0.15, 0.2) is 5.69 Å². The van der Waals surface area contributed by atoms with Crippen molar-refractivity contribution in [1.29, 1.82) is 0 Å². The largest absolute Gasteiger partial charge is 0.369 e. The molecule has 1 aliphatic rings. The van der Waals surface area contributed by atoms with Crippen molar-refractivity contribution in [2.75, 3.05) is 32.0 Å². The Morgan fingerprint density at radius 1 is 1.50 bits per heavy atom. The Morgan fingerprint density at radius 2 is 2.33 bits per heavy atom. The maximum Gasteiger partial charge on any atom is 0.272 e. The third-order valence-corrected chi connectivity index (χ3v) is 2.98. The van der Waals surface area contributed by atoms with Crippen molar-refractivity contribution >= 4 is 11.7 Å². The van der Waals surface area contributed by atoms with Crippen molar-refractivity contribution in [3.63, 3.8) is 0 Å². The Balaban J connectivity index is 1.92. The Morgan fingerprint density at radius 3 is 2.89 bits per heavy atom. The number of carbonyl (C=O) groups excluding carboxylic acids is 1. The fourth-order valence-corrected chi connectivity index (χ4v) is 2.04. The standard InChI is InChI=1S/C12H19N5O/c1-3-13-11-5-4-10(15-16-11)12(18)14-9-6-7-17(2)8-9/h4-5,9H,3,6-8H2,1-2H3,(H,13,16)(H,14,18). The zero-order valence-corrected chi connectivity index (χ0v) is 10.8. The first-order valence-corrected chi connectivity index (χ1v) is 6.26. The fraction of sp³-hybridized carbons (Fsp3) is 0.583. The third-order valence-electron chi connectivity index (χ3n) is 2.98. The van der Waals surface area contributed by atoms with Gasteiger partial charge in [-0.15, -0.1) is 10.2 Å². The molecule has 2 heterocycles. The number of amides is 1. The van der Waals surface area contributed by atoms with Gasteiger partial charge < -0.3 is 15.5 Å². The number of hydrogen-bond donors (Lipinski definition) is 2. The van der Waals surface area contributed by atoms with E-state index in [9.17, 15) is 4.79 Å². The van der Waals surface area contributed by atoms with E-state index in [0.717, 1.165) is 26.1 Å². The van der Waals surface area contributed by atoms with Crippen LogP contribution in [0.5, 0.6) is 0 Å². The van der Waals surface area contributed by atoms with Crippen LogP contribution in [-0.4, -0.2) is 53.7 Å². The van der Waals surface area contributed by atoms with E-state index in [1.165, 1.54) is 0 Å². The number of aromatic nitrogens is 2. The Bertz CT molecular complexity index is 405. The van der Waals surface area contributed by atoms with Crippen LogP contribution in [0.4, 0.5) is 5.82 Å². The Kier molecular flexibility index (Phi) is 4.09. The zero-order valence-electron chi connectivity index (χ0n) is 10.8. The molecule has 2 N–H and O–H groups in total. The van der Waals surface area contributed by atoms with Crippen LogP contribution < -0.4 is 10.6 Å². The number of hydrogen-bond acceptors (Lipinski definition) is 5. The summed E-state index contributed by atoms with van der Waals surface area (Å²) in [5.74, 6) is 0.542. The lowest BCUT2D eigenvalue weighted by Crippen LogP contribution is -2.37. The molecule has 1 saturated heterocycles. The highest BCUT2D eigenvalue weighted by Crippen LogP contribution is 2.07. The topological polar surface area (TPSA) is 70.2 Å². The van der Waals surface area contributed by atoms with Crippen molar-refractivity contribution in [1.82, 2.24) is 20.4 Å². The van der Waals surface area contributed by atoms with E-state index >= 15 is 0 Å². The molecule has 1 aromatic heterocycles. The molecule has 2 rings (SSSR count). The molecule has 0 saturated carbocycles. The molecule has 18 heavy (non-hydrogen) atoms. The van der Waals surface area contributed by atoms with E-state index in [-0.39, 0.29) is 11.9 Å². The molecule has 0 spiro atoms. The maximum atomic E-state index is 11.9. The second kappa shape index (κ2) is 5.77. The van der Waals surface area contributed by atoms with Gasteiger partial charge in [0, 0.05) is 19.1 Å². The monoisotopic (exact) mass is 249 g/mol. The number of rotatable bonds is 4. The van der Waals surface area contributed by atoms with E-state index in [1.807, 2.05) is 6.92 Å². The van der Waals surface area contributed by atoms with Crippen molar-refractivity contribution < 1.29 is 4.79 Å². The summed E-state index contributed by atoms with van der Waals surface area (Å²) in [5, 5.41) is 13.9. The number of anilines is 1. The first-order chi connectivity index (χ1) is 8.69. The van der Waals surface area contributed by atoms with Gasteiger partial charge in [-0.1, -0.05) is 0 Å². The molecule has 6 heteroatoms. The van der Waals surface area contributed by atoms with Gasteiger partial charge in [-0.25, -0.2) is 0 Å². The molecule has 0 aliphatic carbocycles. The molecule has 1 atom stereocenters. The minimum absolute atomic E-state index is 0.147. The SMILES string of the molecule is CCNc1ccc(C(=O)NC2CCN(C)C2)nn1. The lowest BCUT2D eigenvalue weighted by Gasteiger charge is -2.12. The summed E-state index contributed by atoms with van der Waals surface area (Å²) in [6, 6.07) is 3.68. The first kappa shape index (κ1) is 12.8. The minimum atomic E-state index is -0.147. The van der Waals surface area contributed by atoms with Gasteiger partial charge in [0.05, 0.1) is 0 Å². The molecule has 1 aliphatic heterocycles. The van der Waals surface area contributed by atoms with E-state index in [4.69, 9.17) is 0 Å². The zero-order chi connectivity index (χ0) is 13.0. The normalized spacial score (nSPS) is 19.8. The number of carbonyl (C=O) groups is 1. The number of likely N-dealkylation sites (N-methyl/N-ethyl adjacent to an activating group) is 1. The summed E-state index contributed by atoms with van der Waals surface area (Å²) < 4.78 is 0. The highest BCUT2D eigenvalue weighted by Gasteiger charge is 2.22. The lowest BCUT2D eigenvalue weighted by molar-refractivity contribution is 0.0932. The minimum Gasteiger partial charge on any atom is -0.369 e. The van der Waals surface area contributed by atoms with E-state index in [1.54, 1.807) is 12.1 Å². The molecular weight excluding hydrogens is 230 g/mol. The molecular formula is C12H19N5O. The molecule has 1 unspecified atom stereocenters. The van der Waals surface area contributed by atoms with Gasteiger partial charge in [-0.05, 0) is 39.1 Å². The summed E-state index contributed by atoms with van der Waals surface area (Å²) in [6.07, 6.45) is 0.991. The molecule has 1 amide bonds.